The lowest BCUT2D eigenvalue weighted by atomic mass is 10.2. The zero-order chi connectivity index (χ0) is 15.1. The Kier molecular flexibility index (Phi) is 3.47. The Balaban J connectivity index is 2.22. The molecule has 0 spiro atoms. The van der Waals surface area contributed by atoms with Gasteiger partial charge in [-0.05, 0) is 42.5 Å². The van der Waals surface area contributed by atoms with E-state index in [1.54, 1.807) is 10.6 Å². The first kappa shape index (κ1) is 14.1. The summed E-state index contributed by atoms with van der Waals surface area (Å²) in [5.41, 5.74) is 3.33. The van der Waals surface area contributed by atoms with Crippen LogP contribution in [-0.2, 0) is 0 Å². The van der Waals surface area contributed by atoms with E-state index < -0.39 is 5.82 Å². The van der Waals surface area contributed by atoms with Gasteiger partial charge >= 0.3 is 0 Å². The topological polar surface area (TPSA) is 24.0 Å². The number of anilines is 1. The molecular weight excluding hydrogens is 309 g/mol. The highest BCUT2D eigenvalue weighted by Gasteiger charge is 2.10. The predicted molar refractivity (Wildman–Crippen MR) is 87.8 cm³/mol. The highest BCUT2D eigenvalue weighted by Crippen LogP contribution is 2.26. The fraction of sp³-hybridized carbons (Fsp3) is 0.133. The van der Waals surface area contributed by atoms with E-state index in [1.165, 1.54) is 6.07 Å². The first-order valence-electron chi connectivity index (χ1n) is 6.35. The van der Waals surface area contributed by atoms with Gasteiger partial charge in [0, 0.05) is 31.5 Å². The Morgan fingerprint density at radius 2 is 1.86 bits per heavy atom. The maximum atomic E-state index is 13.7. The van der Waals surface area contributed by atoms with Crippen LogP contribution in [0.25, 0.3) is 16.7 Å². The number of aromatic amines is 1. The molecule has 1 aromatic heterocycles. The molecule has 0 aliphatic rings. The molecule has 0 amide bonds. The van der Waals surface area contributed by atoms with Crippen LogP contribution < -0.4 is 4.90 Å². The Hall–Kier alpha value is -1.85. The molecule has 3 nitrogen and oxygen atoms in total. The van der Waals surface area contributed by atoms with Crippen LogP contribution >= 0.6 is 23.8 Å². The first-order chi connectivity index (χ1) is 9.97. The fourth-order valence-electron chi connectivity index (χ4n) is 2.26. The van der Waals surface area contributed by atoms with Crippen molar-refractivity contribution in [1.82, 2.24) is 9.55 Å². The molecule has 0 atom stereocenters. The van der Waals surface area contributed by atoms with Crippen LogP contribution in [-0.4, -0.2) is 23.6 Å². The summed E-state index contributed by atoms with van der Waals surface area (Å²) in [4.78, 5) is 5.06. The Bertz CT molecular complexity index is 865. The van der Waals surface area contributed by atoms with Gasteiger partial charge in [-0.3, -0.25) is 4.57 Å². The summed E-state index contributed by atoms with van der Waals surface area (Å²) < 4.78 is 16.0. The summed E-state index contributed by atoms with van der Waals surface area (Å²) in [5.74, 6) is -0.461. The largest absolute Gasteiger partial charge is 0.378 e. The second-order valence-corrected chi connectivity index (χ2v) is 5.75. The Morgan fingerprint density at radius 1 is 1.19 bits per heavy atom. The molecule has 3 rings (SSSR count). The van der Waals surface area contributed by atoms with Crippen LogP contribution in [0.1, 0.15) is 0 Å². The quantitative estimate of drug-likeness (QED) is 0.700. The third-order valence-electron chi connectivity index (χ3n) is 3.35. The number of imidazole rings is 1. The van der Waals surface area contributed by atoms with Crippen molar-refractivity contribution in [2.75, 3.05) is 19.0 Å². The lowest BCUT2D eigenvalue weighted by Gasteiger charge is -2.13. The molecule has 1 heterocycles. The van der Waals surface area contributed by atoms with E-state index in [0.717, 1.165) is 11.4 Å². The van der Waals surface area contributed by atoms with Crippen molar-refractivity contribution in [3.63, 3.8) is 0 Å². The monoisotopic (exact) mass is 321 g/mol. The van der Waals surface area contributed by atoms with Crippen LogP contribution in [0.5, 0.6) is 0 Å². The molecule has 6 heteroatoms. The van der Waals surface area contributed by atoms with Crippen molar-refractivity contribution in [1.29, 1.82) is 0 Å². The average molecular weight is 322 g/mol. The molecule has 1 N–H and O–H groups in total. The van der Waals surface area contributed by atoms with E-state index in [2.05, 4.69) is 4.98 Å². The molecular formula is C15H13ClFN3S. The number of nitrogens with zero attached hydrogens (tertiary/aromatic N) is 2. The van der Waals surface area contributed by atoms with Gasteiger partial charge in [0.25, 0.3) is 0 Å². The lowest BCUT2D eigenvalue weighted by Crippen LogP contribution is -2.08. The molecule has 0 saturated carbocycles. The molecule has 3 aromatic rings. The van der Waals surface area contributed by atoms with Crippen LogP contribution in [0.3, 0.4) is 0 Å². The lowest BCUT2D eigenvalue weighted by molar-refractivity contribution is 0.629. The molecule has 0 unspecified atom stereocenters. The van der Waals surface area contributed by atoms with E-state index in [1.807, 2.05) is 43.3 Å². The molecule has 0 bridgehead atoms. The molecule has 21 heavy (non-hydrogen) atoms. The third-order valence-corrected chi connectivity index (χ3v) is 3.92. The van der Waals surface area contributed by atoms with Gasteiger partial charge in [-0.25, -0.2) is 4.39 Å². The summed E-state index contributed by atoms with van der Waals surface area (Å²) in [6, 6.07) is 10.8. The van der Waals surface area contributed by atoms with E-state index in [9.17, 15) is 4.39 Å². The number of aromatic nitrogens is 2. The number of nitrogens with one attached hydrogen (secondary N) is 1. The van der Waals surface area contributed by atoms with Crippen molar-refractivity contribution in [3.8, 4) is 5.69 Å². The number of halogens is 2. The van der Waals surface area contributed by atoms with Gasteiger partial charge < -0.3 is 9.88 Å². The van der Waals surface area contributed by atoms with Crippen molar-refractivity contribution in [2.45, 2.75) is 0 Å². The summed E-state index contributed by atoms with van der Waals surface area (Å²) in [7, 11) is 3.95. The number of hydrogen-bond acceptors (Lipinski definition) is 2. The zero-order valence-electron chi connectivity index (χ0n) is 11.5. The molecule has 0 saturated heterocycles. The molecule has 0 aliphatic carbocycles. The van der Waals surface area contributed by atoms with Crippen molar-refractivity contribution >= 4 is 40.5 Å². The average Bonchev–Trinajstić information content (AvgIpc) is 2.75. The SMILES string of the molecule is CN(C)c1ccc(-n2c(=S)[nH]c3cc(Cl)c(F)cc32)cc1. The molecule has 0 radical (unpaired) electrons. The second kappa shape index (κ2) is 5.16. The minimum absolute atomic E-state index is 0.0776. The van der Waals surface area contributed by atoms with Gasteiger partial charge in [0.1, 0.15) is 5.82 Å². The number of H-pyrrole nitrogens is 1. The number of rotatable bonds is 2. The number of benzene rings is 2. The number of hydrogen-bond donors (Lipinski definition) is 1. The summed E-state index contributed by atoms with van der Waals surface area (Å²) in [6.45, 7) is 0. The van der Waals surface area contributed by atoms with E-state index in [-0.39, 0.29) is 5.02 Å². The standard InChI is InChI=1S/C15H13ClFN3S/c1-19(2)9-3-5-10(6-4-9)20-14-8-12(17)11(16)7-13(14)18-15(20)21/h3-8H,1-2H3,(H,18,21). The minimum atomic E-state index is -0.461. The summed E-state index contributed by atoms with van der Waals surface area (Å²) in [5, 5.41) is 0.0776. The predicted octanol–water partition coefficient (Wildman–Crippen LogP) is 4.55. The Morgan fingerprint density at radius 3 is 2.48 bits per heavy atom. The van der Waals surface area contributed by atoms with Crippen molar-refractivity contribution < 1.29 is 4.39 Å². The zero-order valence-corrected chi connectivity index (χ0v) is 13.1. The minimum Gasteiger partial charge on any atom is -0.378 e. The Labute approximate surface area is 131 Å². The summed E-state index contributed by atoms with van der Waals surface area (Å²) >= 11 is 11.1. The molecule has 2 aromatic carbocycles. The van der Waals surface area contributed by atoms with E-state index in [0.29, 0.717) is 15.8 Å². The molecule has 108 valence electrons. The molecule has 0 fully saturated rings. The van der Waals surface area contributed by atoms with Gasteiger partial charge in [-0.1, -0.05) is 11.6 Å². The number of fused-ring (bicyclic) bond motifs is 1. The van der Waals surface area contributed by atoms with Crippen LogP contribution in [0, 0.1) is 10.6 Å². The van der Waals surface area contributed by atoms with Crippen molar-refractivity contribution in [2.24, 2.45) is 0 Å². The van der Waals surface area contributed by atoms with Gasteiger partial charge in [-0.15, -0.1) is 0 Å². The smallest absolute Gasteiger partial charge is 0.182 e. The van der Waals surface area contributed by atoms with E-state index in [4.69, 9.17) is 23.8 Å². The highest BCUT2D eigenvalue weighted by molar-refractivity contribution is 7.71. The van der Waals surface area contributed by atoms with Gasteiger partial charge in [-0.2, -0.15) is 0 Å². The van der Waals surface area contributed by atoms with Gasteiger partial charge in [0.15, 0.2) is 4.77 Å². The summed E-state index contributed by atoms with van der Waals surface area (Å²) in [6.07, 6.45) is 0. The first-order valence-corrected chi connectivity index (χ1v) is 7.13. The van der Waals surface area contributed by atoms with Gasteiger partial charge in [0.05, 0.1) is 16.1 Å². The van der Waals surface area contributed by atoms with Gasteiger partial charge in [0.2, 0.25) is 0 Å². The maximum absolute atomic E-state index is 13.7. The van der Waals surface area contributed by atoms with E-state index >= 15 is 0 Å². The maximum Gasteiger partial charge on any atom is 0.182 e. The fourth-order valence-corrected chi connectivity index (χ4v) is 2.74. The normalized spacial score (nSPS) is 11.0. The second-order valence-electron chi connectivity index (χ2n) is 4.96. The third kappa shape index (κ3) is 2.43. The van der Waals surface area contributed by atoms with Crippen LogP contribution in [0.4, 0.5) is 10.1 Å². The van der Waals surface area contributed by atoms with Crippen LogP contribution in [0.15, 0.2) is 36.4 Å². The molecule has 0 aliphatic heterocycles. The van der Waals surface area contributed by atoms with Crippen LogP contribution in [0.2, 0.25) is 5.02 Å². The highest BCUT2D eigenvalue weighted by atomic mass is 35.5. The van der Waals surface area contributed by atoms with Crippen molar-refractivity contribution in [3.05, 3.63) is 52.0 Å².